The maximum Gasteiger partial charge on any atom is 0.339 e. The van der Waals surface area contributed by atoms with Gasteiger partial charge in [0.05, 0.1) is 26.0 Å². The molecule has 5 nitrogen and oxygen atoms in total. The van der Waals surface area contributed by atoms with E-state index in [4.69, 9.17) is 4.74 Å². The summed E-state index contributed by atoms with van der Waals surface area (Å²) in [5, 5.41) is 1.00. The predicted molar refractivity (Wildman–Crippen MR) is 94.3 cm³/mol. The van der Waals surface area contributed by atoms with Gasteiger partial charge in [-0.2, -0.15) is 0 Å². The SMILES string of the molecule is CCc1nc(C)c(C(C)OC(=O)c2cc(S(C)(=O)=O)ccc2C)s1. The molecule has 0 saturated heterocycles. The van der Waals surface area contributed by atoms with E-state index in [0.29, 0.717) is 5.56 Å². The fourth-order valence-electron chi connectivity index (χ4n) is 2.32. The van der Waals surface area contributed by atoms with Crippen LogP contribution in [0, 0.1) is 13.8 Å². The molecule has 0 amide bonds. The van der Waals surface area contributed by atoms with E-state index in [-0.39, 0.29) is 10.5 Å². The maximum absolute atomic E-state index is 12.5. The van der Waals surface area contributed by atoms with Gasteiger partial charge in [0, 0.05) is 6.26 Å². The van der Waals surface area contributed by atoms with Crippen LogP contribution in [-0.2, 0) is 21.0 Å². The van der Waals surface area contributed by atoms with Gasteiger partial charge in [-0.15, -0.1) is 11.3 Å². The molecule has 0 saturated carbocycles. The number of hydrogen-bond donors (Lipinski definition) is 0. The third-order valence-electron chi connectivity index (χ3n) is 3.69. The number of ether oxygens (including phenoxy) is 1. The van der Waals surface area contributed by atoms with Crippen molar-refractivity contribution in [3.63, 3.8) is 0 Å². The monoisotopic (exact) mass is 367 g/mol. The number of carbonyl (C=O) groups is 1. The molecule has 0 aliphatic rings. The van der Waals surface area contributed by atoms with Gasteiger partial charge >= 0.3 is 5.97 Å². The molecule has 2 rings (SSSR count). The highest BCUT2D eigenvalue weighted by Crippen LogP contribution is 2.29. The van der Waals surface area contributed by atoms with Gasteiger partial charge in [-0.3, -0.25) is 0 Å². The summed E-state index contributed by atoms with van der Waals surface area (Å²) in [6.45, 7) is 7.47. The maximum atomic E-state index is 12.5. The first-order chi connectivity index (χ1) is 11.1. The van der Waals surface area contributed by atoms with Gasteiger partial charge in [0.15, 0.2) is 9.84 Å². The highest BCUT2D eigenvalue weighted by Gasteiger charge is 2.21. The minimum Gasteiger partial charge on any atom is -0.453 e. The van der Waals surface area contributed by atoms with Crippen molar-refractivity contribution in [2.45, 2.75) is 45.1 Å². The van der Waals surface area contributed by atoms with E-state index in [1.165, 1.54) is 23.5 Å². The number of carbonyl (C=O) groups excluding carboxylic acids is 1. The molecule has 2 aromatic rings. The average Bonchev–Trinajstić information content (AvgIpc) is 2.87. The smallest absolute Gasteiger partial charge is 0.339 e. The van der Waals surface area contributed by atoms with Crippen molar-refractivity contribution in [3.05, 3.63) is 44.9 Å². The first kappa shape index (κ1) is 18.6. The Morgan fingerprint density at radius 1 is 1.33 bits per heavy atom. The van der Waals surface area contributed by atoms with E-state index < -0.39 is 21.9 Å². The van der Waals surface area contributed by atoms with Crippen LogP contribution in [0.1, 0.15) is 51.5 Å². The summed E-state index contributed by atoms with van der Waals surface area (Å²) in [6.07, 6.45) is 1.51. The van der Waals surface area contributed by atoms with Gasteiger partial charge in [0.25, 0.3) is 0 Å². The molecule has 0 N–H and O–H groups in total. The Kier molecular flexibility index (Phi) is 5.45. The Bertz CT molecular complexity index is 869. The van der Waals surface area contributed by atoms with E-state index >= 15 is 0 Å². The zero-order chi connectivity index (χ0) is 18.1. The third-order valence-corrected chi connectivity index (χ3v) is 6.26. The van der Waals surface area contributed by atoms with Gasteiger partial charge in [-0.05, 0) is 44.9 Å². The fourth-order valence-corrected chi connectivity index (χ4v) is 3.96. The Morgan fingerprint density at radius 3 is 2.54 bits per heavy atom. The summed E-state index contributed by atoms with van der Waals surface area (Å²) < 4.78 is 28.9. The number of aromatic nitrogens is 1. The number of aryl methyl sites for hydroxylation is 3. The summed E-state index contributed by atoms with van der Waals surface area (Å²) in [5.41, 5.74) is 1.80. The molecular weight excluding hydrogens is 346 g/mol. The van der Waals surface area contributed by atoms with Crippen molar-refractivity contribution >= 4 is 27.1 Å². The van der Waals surface area contributed by atoms with E-state index in [2.05, 4.69) is 4.98 Å². The standard InChI is InChI=1S/C17H21NO4S2/c1-6-15-18-11(3)16(23-15)12(4)22-17(19)14-9-13(24(5,20)21)8-7-10(14)2/h7-9,12H,6H2,1-5H3. The lowest BCUT2D eigenvalue weighted by Gasteiger charge is -2.14. The Balaban J connectivity index is 2.27. The lowest BCUT2D eigenvalue weighted by atomic mass is 10.1. The molecule has 0 bridgehead atoms. The average molecular weight is 367 g/mol. The fraction of sp³-hybridized carbons (Fsp3) is 0.412. The summed E-state index contributed by atoms with van der Waals surface area (Å²) in [5.74, 6) is -0.531. The molecular formula is C17H21NO4S2. The summed E-state index contributed by atoms with van der Waals surface area (Å²) in [7, 11) is -3.38. The number of rotatable bonds is 5. The summed E-state index contributed by atoms with van der Waals surface area (Å²) in [4.78, 5) is 17.9. The number of nitrogens with zero attached hydrogens (tertiary/aromatic N) is 1. The Labute approximate surface area is 146 Å². The molecule has 0 radical (unpaired) electrons. The van der Waals surface area contributed by atoms with Crippen LogP contribution in [0.25, 0.3) is 0 Å². The second-order valence-electron chi connectivity index (χ2n) is 5.71. The minimum absolute atomic E-state index is 0.106. The predicted octanol–water partition coefficient (Wildman–Crippen LogP) is 3.64. The van der Waals surface area contributed by atoms with Crippen molar-refractivity contribution in [2.75, 3.05) is 6.26 Å². The number of benzene rings is 1. The number of thiazole rings is 1. The van der Waals surface area contributed by atoms with E-state index in [9.17, 15) is 13.2 Å². The lowest BCUT2D eigenvalue weighted by Crippen LogP contribution is -2.11. The molecule has 7 heteroatoms. The van der Waals surface area contributed by atoms with E-state index in [1.54, 1.807) is 19.9 Å². The van der Waals surface area contributed by atoms with Gasteiger partial charge in [-0.25, -0.2) is 18.2 Å². The van der Waals surface area contributed by atoms with E-state index in [0.717, 1.165) is 28.3 Å². The number of hydrogen-bond acceptors (Lipinski definition) is 6. The van der Waals surface area contributed by atoms with Crippen LogP contribution in [0.2, 0.25) is 0 Å². The van der Waals surface area contributed by atoms with Crippen LogP contribution >= 0.6 is 11.3 Å². The molecule has 0 aliphatic carbocycles. The molecule has 1 atom stereocenters. The van der Waals surface area contributed by atoms with Crippen molar-refractivity contribution in [3.8, 4) is 0 Å². The normalized spacial score (nSPS) is 12.9. The van der Waals surface area contributed by atoms with Gasteiger partial charge < -0.3 is 4.74 Å². The molecule has 130 valence electrons. The summed E-state index contributed by atoms with van der Waals surface area (Å²) in [6, 6.07) is 4.48. The van der Waals surface area contributed by atoms with Crippen molar-refractivity contribution in [2.24, 2.45) is 0 Å². The third kappa shape index (κ3) is 4.02. The Morgan fingerprint density at radius 2 is 2.00 bits per heavy atom. The van der Waals surface area contributed by atoms with Crippen LogP contribution < -0.4 is 0 Å². The topological polar surface area (TPSA) is 73.3 Å². The molecule has 1 aromatic heterocycles. The van der Waals surface area contributed by atoms with Crippen molar-refractivity contribution in [1.29, 1.82) is 0 Å². The van der Waals surface area contributed by atoms with Crippen LogP contribution in [-0.4, -0.2) is 25.6 Å². The molecule has 0 spiro atoms. The molecule has 1 unspecified atom stereocenters. The zero-order valence-corrected chi connectivity index (χ0v) is 16.0. The molecule has 1 aromatic carbocycles. The quantitative estimate of drug-likeness (QED) is 0.754. The van der Waals surface area contributed by atoms with Crippen molar-refractivity contribution in [1.82, 2.24) is 4.98 Å². The molecule has 1 heterocycles. The molecule has 24 heavy (non-hydrogen) atoms. The van der Waals surface area contributed by atoms with Crippen LogP contribution in [0.3, 0.4) is 0 Å². The van der Waals surface area contributed by atoms with Gasteiger partial charge in [-0.1, -0.05) is 13.0 Å². The van der Waals surface area contributed by atoms with E-state index in [1.807, 2.05) is 13.8 Å². The largest absolute Gasteiger partial charge is 0.453 e. The zero-order valence-electron chi connectivity index (χ0n) is 14.4. The van der Waals surface area contributed by atoms with Crippen LogP contribution in [0.15, 0.2) is 23.1 Å². The second kappa shape index (κ2) is 7.03. The first-order valence-electron chi connectivity index (χ1n) is 7.61. The highest BCUT2D eigenvalue weighted by molar-refractivity contribution is 7.90. The van der Waals surface area contributed by atoms with Gasteiger partial charge in [0.1, 0.15) is 6.10 Å². The second-order valence-corrected chi connectivity index (χ2v) is 8.84. The Hall–Kier alpha value is -1.73. The number of sulfone groups is 1. The highest BCUT2D eigenvalue weighted by atomic mass is 32.2. The van der Waals surface area contributed by atoms with Gasteiger partial charge in [0.2, 0.25) is 0 Å². The molecule has 0 aliphatic heterocycles. The van der Waals surface area contributed by atoms with Crippen LogP contribution in [0.5, 0.6) is 0 Å². The first-order valence-corrected chi connectivity index (χ1v) is 10.3. The van der Waals surface area contributed by atoms with Crippen LogP contribution in [0.4, 0.5) is 0 Å². The number of esters is 1. The molecule has 0 fully saturated rings. The minimum atomic E-state index is -3.38. The summed E-state index contributed by atoms with van der Waals surface area (Å²) >= 11 is 1.53. The lowest BCUT2D eigenvalue weighted by molar-refractivity contribution is 0.0342. The van der Waals surface area contributed by atoms with Crippen molar-refractivity contribution < 1.29 is 17.9 Å².